The Hall–Kier alpha value is -3.41. The molecule has 0 atom stereocenters. The molecule has 0 unspecified atom stereocenters. The number of nitrogens with zero attached hydrogens (tertiary/aromatic N) is 1. The number of rotatable bonds is 9. The van der Waals surface area contributed by atoms with E-state index >= 15 is 0 Å². The van der Waals surface area contributed by atoms with Crippen LogP contribution in [0.3, 0.4) is 0 Å². The largest absolute Gasteiger partial charge is 0.490 e. The number of hydrogen-bond donors (Lipinski definition) is 2. The number of amides is 4. The molecule has 0 radical (unpaired) electrons. The van der Waals surface area contributed by atoms with Gasteiger partial charge in [-0.05, 0) is 65.4 Å². The van der Waals surface area contributed by atoms with Gasteiger partial charge in [0.1, 0.15) is 24.7 Å². The molecule has 0 bridgehead atoms. The molecule has 8 nitrogen and oxygen atoms in total. The Labute approximate surface area is 203 Å². The Balaban J connectivity index is 1.78. The highest BCUT2D eigenvalue weighted by Gasteiger charge is 2.35. The predicted molar refractivity (Wildman–Crippen MR) is 129 cm³/mol. The summed E-state index contributed by atoms with van der Waals surface area (Å²) in [6.07, 6.45) is 3.10. The summed E-state index contributed by atoms with van der Waals surface area (Å²) in [5, 5.41) is 4.81. The maximum Gasteiger partial charge on any atom is 0.329 e. The number of nitrogens with one attached hydrogen (secondary N) is 2. The van der Waals surface area contributed by atoms with Crippen molar-refractivity contribution < 1.29 is 28.2 Å². The van der Waals surface area contributed by atoms with E-state index in [0.717, 1.165) is 8.47 Å². The predicted octanol–water partition coefficient (Wildman–Crippen LogP) is 3.93. The maximum atomic E-state index is 13.7. The molecule has 10 heteroatoms. The number of imide groups is 1. The van der Waals surface area contributed by atoms with Gasteiger partial charge in [0.25, 0.3) is 5.91 Å². The zero-order valence-electron chi connectivity index (χ0n) is 17.7. The summed E-state index contributed by atoms with van der Waals surface area (Å²) < 4.78 is 25.8. The van der Waals surface area contributed by atoms with Gasteiger partial charge in [0.2, 0.25) is 5.91 Å². The number of carbonyl (C=O) groups excluding carboxylic acids is 3. The number of urea groups is 1. The minimum atomic E-state index is -0.749. The summed E-state index contributed by atoms with van der Waals surface area (Å²) in [7, 11) is 0. The highest BCUT2D eigenvalue weighted by molar-refractivity contribution is 14.1. The van der Waals surface area contributed by atoms with Gasteiger partial charge in [-0.2, -0.15) is 0 Å². The average Bonchev–Trinajstić information content (AvgIpc) is 3.02. The third kappa shape index (κ3) is 5.89. The Morgan fingerprint density at radius 3 is 2.73 bits per heavy atom. The molecule has 33 heavy (non-hydrogen) atoms. The van der Waals surface area contributed by atoms with E-state index in [9.17, 15) is 18.8 Å². The SMILES string of the molecule is C=CCOc1c(I)cc(/C=C2/NC(=O)N(CC(=O)Nc3ccccc3F)C2=O)cc1OCC. The third-order valence-corrected chi connectivity index (χ3v) is 5.20. The first kappa shape index (κ1) is 24.2. The van der Waals surface area contributed by atoms with Gasteiger partial charge in [-0.1, -0.05) is 24.8 Å². The Bertz CT molecular complexity index is 1140. The second-order valence-corrected chi connectivity index (χ2v) is 7.93. The quantitative estimate of drug-likeness (QED) is 0.208. The van der Waals surface area contributed by atoms with Crippen LogP contribution in [0.4, 0.5) is 14.9 Å². The van der Waals surface area contributed by atoms with Crippen molar-refractivity contribution in [3.63, 3.8) is 0 Å². The lowest BCUT2D eigenvalue weighted by Crippen LogP contribution is -2.38. The van der Waals surface area contributed by atoms with Crippen LogP contribution in [0, 0.1) is 9.39 Å². The topological polar surface area (TPSA) is 97.0 Å². The molecule has 0 aromatic heterocycles. The van der Waals surface area contributed by atoms with E-state index in [1.54, 1.807) is 24.3 Å². The van der Waals surface area contributed by atoms with Crippen molar-refractivity contribution in [2.45, 2.75) is 6.92 Å². The van der Waals surface area contributed by atoms with Crippen LogP contribution in [0.25, 0.3) is 6.08 Å². The number of halogens is 2. The first-order valence-electron chi connectivity index (χ1n) is 9.93. The smallest absolute Gasteiger partial charge is 0.329 e. The normalized spacial score (nSPS) is 14.3. The fourth-order valence-electron chi connectivity index (χ4n) is 2.99. The molecule has 0 spiro atoms. The second-order valence-electron chi connectivity index (χ2n) is 6.77. The molecule has 2 aromatic rings. The van der Waals surface area contributed by atoms with E-state index in [-0.39, 0.29) is 11.4 Å². The van der Waals surface area contributed by atoms with Crippen LogP contribution in [-0.4, -0.2) is 42.5 Å². The molecular weight excluding hydrogens is 544 g/mol. The van der Waals surface area contributed by atoms with E-state index in [0.29, 0.717) is 30.3 Å². The molecule has 1 aliphatic rings. The van der Waals surface area contributed by atoms with E-state index < -0.39 is 30.2 Å². The summed E-state index contributed by atoms with van der Waals surface area (Å²) in [4.78, 5) is 38.0. The number of hydrogen-bond acceptors (Lipinski definition) is 5. The number of anilines is 1. The van der Waals surface area contributed by atoms with E-state index in [1.165, 1.54) is 24.3 Å². The van der Waals surface area contributed by atoms with Gasteiger partial charge in [0, 0.05) is 0 Å². The molecule has 1 fully saturated rings. The molecule has 2 N–H and O–H groups in total. The first-order valence-corrected chi connectivity index (χ1v) is 11.0. The average molecular weight is 565 g/mol. The maximum absolute atomic E-state index is 13.7. The monoisotopic (exact) mass is 565 g/mol. The van der Waals surface area contributed by atoms with E-state index in [1.807, 2.05) is 6.92 Å². The van der Waals surface area contributed by atoms with Crippen LogP contribution in [0.2, 0.25) is 0 Å². The summed E-state index contributed by atoms with van der Waals surface area (Å²) in [5.41, 5.74) is 0.550. The number of benzene rings is 2. The van der Waals surface area contributed by atoms with Crippen molar-refractivity contribution in [1.82, 2.24) is 10.2 Å². The Morgan fingerprint density at radius 1 is 1.27 bits per heavy atom. The first-order chi connectivity index (χ1) is 15.8. The molecule has 0 aliphatic carbocycles. The van der Waals surface area contributed by atoms with E-state index in [4.69, 9.17) is 9.47 Å². The molecule has 172 valence electrons. The van der Waals surface area contributed by atoms with Crippen molar-refractivity contribution >= 4 is 52.2 Å². The second kappa shape index (κ2) is 10.9. The van der Waals surface area contributed by atoms with Crippen LogP contribution < -0.4 is 20.1 Å². The molecule has 2 aromatic carbocycles. The molecule has 4 amide bonds. The number of para-hydroxylation sites is 1. The van der Waals surface area contributed by atoms with Crippen molar-refractivity contribution in [3.8, 4) is 11.5 Å². The van der Waals surface area contributed by atoms with Crippen LogP contribution in [0.5, 0.6) is 11.5 Å². The minimum absolute atomic E-state index is 0.00306. The molecular formula is C23H21FIN3O5. The molecule has 1 aliphatic heterocycles. The van der Waals surface area contributed by atoms with Crippen molar-refractivity contribution in [2.24, 2.45) is 0 Å². The molecule has 1 heterocycles. The van der Waals surface area contributed by atoms with Gasteiger partial charge in [-0.25, -0.2) is 14.1 Å². The highest BCUT2D eigenvalue weighted by Crippen LogP contribution is 2.35. The van der Waals surface area contributed by atoms with Crippen LogP contribution in [-0.2, 0) is 9.59 Å². The van der Waals surface area contributed by atoms with Crippen molar-refractivity contribution in [2.75, 3.05) is 25.1 Å². The van der Waals surface area contributed by atoms with Crippen LogP contribution in [0.1, 0.15) is 12.5 Å². The lowest BCUT2D eigenvalue weighted by Gasteiger charge is -2.14. The summed E-state index contributed by atoms with van der Waals surface area (Å²) in [5.74, 6) is -0.974. The van der Waals surface area contributed by atoms with Gasteiger partial charge < -0.3 is 20.1 Å². The number of ether oxygens (including phenoxy) is 2. The standard InChI is InChI=1S/C23H21FIN3O5/c1-3-9-33-21-16(25)10-14(12-19(21)32-4-2)11-18-22(30)28(23(31)27-18)13-20(29)26-17-8-6-5-7-15(17)24/h3,5-8,10-12H,1,4,9,13H2,2H3,(H,26,29)(H,27,31)/b18-11+. The molecule has 0 saturated carbocycles. The summed E-state index contributed by atoms with van der Waals surface area (Å²) >= 11 is 2.09. The highest BCUT2D eigenvalue weighted by atomic mass is 127. The molecule has 3 rings (SSSR count). The Kier molecular flexibility index (Phi) is 8.04. The number of carbonyl (C=O) groups is 3. The van der Waals surface area contributed by atoms with Gasteiger partial charge in [0.15, 0.2) is 11.5 Å². The lowest BCUT2D eigenvalue weighted by molar-refractivity contribution is -0.127. The summed E-state index contributed by atoms with van der Waals surface area (Å²) in [6.45, 7) is 5.61. The van der Waals surface area contributed by atoms with Gasteiger partial charge >= 0.3 is 6.03 Å². The van der Waals surface area contributed by atoms with Gasteiger partial charge in [0.05, 0.1) is 15.9 Å². The van der Waals surface area contributed by atoms with Crippen LogP contribution >= 0.6 is 22.6 Å². The zero-order chi connectivity index (χ0) is 24.0. The summed E-state index contributed by atoms with van der Waals surface area (Å²) in [6, 6.07) is 8.31. The van der Waals surface area contributed by atoms with E-state index in [2.05, 4.69) is 39.8 Å². The van der Waals surface area contributed by atoms with Crippen molar-refractivity contribution in [1.29, 1.82) is 0 Å². The van der Waals surface area contributed by atoms with Gasteiger partial charge in [-0.3, -0.25) is 9.59 Å². The fraction of sp³-hybridized carbons (Fsp3) is 0.174. The Morgan fingerprint density at radius 2 is 2.03 bits per heavy atom. The zero-order valence-corrected chi connectivity index (χ0v) is 19.8. The van der Waals surface area contributed by atoms with Crippen LogP contribution in [0.15, 0.2) is 54.8 Å². The minimum Gasteiger partial charge on any atom is -0.490 e. The lowest BCUT2D eigenvalue weighted by atomic mass is 10.1. The molecule has 1 saturated heterocycles. The van der Waals surface area contributed by atoms with Gasteiger partial charge in [-0.15, -0.1) is 0 Å². The fourth-order valence-corrected chi connectivity index (χ4v) is 3.78. The van der Waals surface area contributed by atoms with Crippen molar-refractivity contribution in [3.05, 3.63) is 69.7 Å². The third-order valence-electron chi connectivity index (χ3n) is 4.40.